The zero-order chi connectivity index (χ0) is 11.7. The molecule has 1 atom stereocenters. The fourth-order valence-electron chi connectivity index (χ4n) is 1.39. The highest BCUT2D eigenvalue weighted by Crippen LogP contribution is 2.08. The average molecular weight is 213 g/mol. The quantitative estimate of drug-likeness (QED) is 0.615. The van der Waals surface area contributed by atoms with E-state index in [9.17, 15) is 4.79 Å². The van der Waals surface area contributed by atoms with Crippen molar-refractivity contribution in [1.29, 1.82) is 0 Å². The van der Waals surface area contributed by atoms with Crippen molar-refractivity contribution in [2.45, 2.75) is 59.8 Å². The van der Waals surface area contributed by atoms with E-state index >= 15 is 0 Å². The van der Waals surface area contributed by atoms with Crippen LogP contribution in [0.4, 0.5) is 0 Å². The van der Waals surface area contributed by atoms with Gasteiger partial charge in [0.15, 0.2) is 0 Å². The lowest BCUT2D eigenvalue weighted by Crippen LogP contribution is -2.24. The summed E-state index contributed by atoms with van der Waals surface area (Å²) in [6.07, 6.45) is 5.25. The summed E-state index contributed by atoms with van der Waals surface area (Å²) >= 11 is 0. The molecule has 0 aliphatic rings. The van der Waals surface area contributed by atoms with Crippen molar-refractivity contribution in [1.82, 2.24) is 5.32 Å². The molecule has 0 rings (SSSR count). The van der Waals surface area contributed by atoms with Crippen molar-refractivity contribution < 1.29 is 4.79 Å². The van der Waals surface area contributed by atoms with Gasteiger partial charge in [-0.2, -0.15) is 0 Å². The molecule has 0 spiro atoms. The zero-order valence-corrected chi connectivity index (χ0v) is 10.8. The highest BCUT2D eigenvalue weighted by atomic mass is 16.1. The predicted octanol–water partition coefficient (Wildman–Crippen LogP) is 3.37. The van der Waals surface area contributed by atoms with Crippen molar-refractivity contribution in [3.63, 3.8) is 0 Å². The molecule has 0 saturated carbocycles. The standard InChI is InChI=1S/C13H27NO/c1-5-12(4)7-6-10-14-13(15)9-8-11(2)3/h11-12H,5-10H2,1-4H3,(H,14,15). The molecule has 0 aliphatic carbocycles. The Morgan fingerprint density at radius 1 is 1.20 bits per heavy atom. The van der Waals surface area contributed by atoms with Crippen LogP contribution in [0, 0.1) is 11.8 Å². The molecule has 0 heterocycles. The maximum atomic E-state index is 11.4. The summed E-state index contributed by atoms with van der Waals surface area (Å²) in [5.41, 5.74) is 0. The van der Waals surface area contributed by atoms with E-state index in [0.717, 1.165) is 25.3 Å². The first-order chi connectivity index (χ1) is 7.06. The molecule has 0 radical (unpaired) electrons. The predicted molar refractivity (Wildman–Crippen MR) is 65.8 cm³/mol. The summed E-state index contributed by atoms with van der Waals surface area (Å²) in [4.78, 5) is 11.4. The Morgan fingerprint density at radius 3 is 2.40 bits per heavy atom. The van der Waals surface area contributed by atoms with Crippen molar-refractivity contribution in [3.8, 4) is 0 Å². The Labute approximate surface area is 94.8 Å². The minimum absolute atomic E-state index is 0.216. The van der Waals surface area contributed by atoms with Gasteiger partial charge in [0.05, 0.1) is 0 Å². The zero-order valence-electron chi connectivity index (χ0n) is 10.8. The summed E-state index contributed by atoms with van der Waals surface area (Å²) in [7, 11) is 0. The maximum absolute atomic E-state index is 11.4. The molecule has 0 fully saturated rings. The number of hydrogen-bond donors (Lipinski definition) is 1. The molecule has 2 heteroatoms. The Morgan fingerprint density at radius 2 is 1.87 bits per heavy atom. The average Bonchev–Trinajstić information content (AvgIpc) is 2.21. The summed E-state index contributed by atoms with van der Waals surface area (Å²) < 4.78 is 0. The highest BCUT2D eigenvalue weighted by Gasteiger charge is 2.03. The first kappa shape index (κ1) is 14.5. The molecule has 0 aromatic heterocycles. The Kier molecular flexibility index (Phi) is 8.44. The van der Waals surface area contributed by atoms with Gasteiger partial charge in [0.1, 0.15) is 0 Å². The minimum atomic E-state index is 0.216. The third kappa shape index (κ3) is 9.77. The van der Waals surface area contributed by atoms with Gasteiger partial charge < -0.3 is 5.32 Å². The van der Waals surface area contributed by atoms with Gasteiger partial charge in [0, 0.05) is 13.0 Å². The van der Waals surface area contributed by atoms with Crippen molar-refractivity contribution >= 4 is 5.91 Å². The van der Waals surface area contributed by atoms with Gasteiger partial charge in [-0.15, -0.1) is 0 Å². The number of amides is 1. The van der Waals surface area contributed by atoms with Crippen molar-refractivity contribution in [3.05, 3.63) is 0 Å². The second kappa shape index (κ2) is 8.75. The molecule has 2 nitrogen and oxygen atoms in total. The minimum Gasteiger partial charge on any atom is -0.356 e. The normalized spacial score (nSPS) is 12.9. The molecule has 0 saturated heterocycles. The number of carbonyl (C=O) groups is 1. The maximum Gasteiger partial charge on any atom is 0.220 e. The molecule has 1 N–H and O–H groups in total. The van der Waals surface area contributed by atoms with Crippen LogP contribution in [0.25, 0.3) is 0 Å². The first-order valence-electron chi connectivity index (χ1n) is 6.33. The lowest BCUT2D eigenvalue weighted by molar-refractivity contribution is -0.121. The molecule has 1 amide bonds. The van der Waals surface area contributed by atoms with Crippen LogP contribution >= 0.6 is 0 Å². The molecule has 90 valence electrons. The fraction of sp³-hybridized carbons (Fsp3) is 0.923. The van der Waals surface area contributed by atoms with Gasteiger partial charge in [0.25, 0.3) is 0 Å². The second-order valence-electron chi connectivity index (χ2n) is 4.94. The van der Waals surface area contributed by atoms with Crippen LogP contribution in [0.1, 0.15) is 59.8 Å². The van der Waals surface area contributed by atoms with Crippen LogP contribution < -0.4 is 5.32 Å². The number of rotatable bonds is 8. The molecule has 0 aromatic rings. The van der Waals surface area contributed by atoms with Gasteiger partial charge in [-0.1, -0.05) is 34.1 Å². The van der Waals surface area contributed by atoms with Gasteiger partial charge in [0.2, 0.25) is 5.91 Å². The Bertz CT molecular complexity index is 166. The number of carbonyl (C=O) groups excluding carboxylic acids is 1. The van der Waals surface area contributed by atoms with Crippen molar-refractivity contribution in [2.24, 2.45) is 11.8 Å². The molecule has 15 heavy (non-hydrogen) atoms. The van der Waals surface area contributed by atoms with E-state index in [1.807, 2.05) is 0 Å². The smallest absolute Gasteiger partial charge is 0.220 e. The van der Waals surface area contributed by atoms with E-state index in [2.05, 4.69) is 33.0 Å². The van der Waals surface area contributed by atoms with Crippen LogP contribution in [0.3, 0.4) is 0 Å². The van der Waals surface area contributed by atoms with Gasteiger partial charge in [-0.3, -0.25) is 4.79 Å². The van der Waals surface area contributed by atoms with Crippen LogP contribution in [-0.2, 0) is 4.79 Å². The third-order valence-corrected chi connectivity index (χ3v) is 2.84. The summed E-state index contributed by atoms with van der Waals surface area (Å²) in [5.74, 6) is 1.63. The Hall–Kier alpha value is -0.530. The third-order valence-electron chi connectivity index (χ3n) is 2.84. The van der Waals surface area contributed by atoms with Gasteiger partial charge >= 0.3 is 0 Å². The number of hydrogen-bond acceptors (Lipinski definition) is 1. The van der Waals surface area contributed by atoms with Crippen LogP contribution in [-0.4, -0.2) is 12.5 Å². The van der Waals surface area contributed by atoms with E-state index in [1.54, 1.807) is 0 Å². The van der Waals surface area contributed by atoms with Crippen LogP contribution in [0.2, 0.25) is 0 Å². The summed E-state index contributed by atoms with van der Waals surface area (Å²) in [5, 5.41) is 2.98. The molecule has 0 aliphatic heterocycles. The summed E-state index contributed by atoms with van der Waals surface area (Å²) in [6.45, 7) is 9.63. The lowest BCUT2D eigenvalue weighted by atomic mass is 10.0. The van der Waals surface area contributed by atoms with E-state index in [-0.39, 0.29) is 5.91 Å². The van der Waals surface area contributed by atoms with E-state index in [0.29, 0.717) is 12.3 Å². The Balaban J connectivity index is 3.31. The fourth-order valence-corrected chi connectivity index (χ4v) is 1.39. The topological polar surface area (TPSA) is 29.1 Å². The highest BCUT2D eigenvalue weighted by molar-refractivity contribution is 5.75. The first-order valence-corrected chi connectivity index (χ1v) is 6.33. The summed E-state index contributed by atoms with van der Waals surface area (Å²) in [6, 6.07) is 0. The van der Waals surface area contributed by atoms with E-state index in [4.69, 9.17) is 0 Å². The SMILES string of the molecule is CCC(C)CCCNC(=O)CCC(C)C. The van der Waals surface area contributed by atoms with Gasteiger partial charge in [-0.25, -0.2) is 0 Å². The van der Waals surface area contributed by atoms with E-state index < -0.39 is 0 Å². The molecule has 0 bridgehead atoms. The largest absolute Gasteiger partial charge is 0.356 e. The molecular formula is C13H27NO. The van der Waals surface area contributed by atoms with Crippen LogP contribution in [0.5, 0.6) is 0 Å². The monoisotopic (exact) mass is 213 g/mol. The van der Waals surface area contributed by atoms with Crippen molar-refractivity contribution in [2.75, 3.05) is 6.54 Å². The second-order valence-corrected chi connectivity index (χ2v) is 4.94. The van der Waals surface area contributed by atoms with Crippen LogP contribution in [0.15, 0.2) is 0 Å². The molecule has 1 unspecified atom stereocenters. The van der Waals surface area contributed by atoms with E-state index in [1.165, 1.54) is 12.8 Å². The number of nitrogens with one attached hydrogen (secondary N) is 1. The van der Waals surface area contributed by atoms with Gasteiger partial charge in [-0.05, 0) is 31.1 Å². The lowest BCUT2D eigenvalue weighted by Gasteiger charge is -2.09. The molecule has 0 aromatic carbocycles. The molecular weight excluding hydrogens is 186 g/mol.